The van der Waals surface area contributed by atoms with Crippen molar-refractivity contribution in [2.75, 3.05) is 20.3 Å². The Morgan fingerprint density at radius 3 is 2.71 bits per heavy atom. The molecule has 1 fully saturated rings. The van der Waals surface area contributed by atoms with Crippen LogP contribution in [0.1, 0.15) is 38.1 Å². The Morgan fingerprint density at radius 2 is 2.14 bits per heavy atom. The largest absolute Gasteiger partial charge is 0.383 e. The van der Waals surface area contributed by atoms with Crippen LogP contribution in [0.3, 0.4) is 0 Å². The predicted octanol–water partition coefficient (Wildman–Crippen LogP) is 1.41. The number of amides is 2. The quantitative estimate of drug-likeness (QED) is 0.880. The van der Waals surface area contributed by atoms with Crippen molar-refractivity contribution < 1.29 is 9.53 Å². The van der Waals surface area contributed by atoms with E-state index in [4.69, 9.17) is 10.1 Å². The van der Waals surface area contributed by atoms with Crippen molar-refractivity contribution in [3.05, 3.63) is 17.5 Å². The van der Waals surface area contributed by atoms with Crippen LogP contribution in [0.2, 0.25) is 0 Å². The van der Waals surface area contributed by atoms with E-state index in [9.17, 15) is 4.79 Å². The van der Waals surface area contributed by atoms with Crippen molar-refractivity contribution in [3.8, 4) is 0 Å². The lowest BCUT2D eigenvalue weighted by Crippen LogP contribution is -2.33. The van der Waals surface area contributed by atoms with Gasteiger partial charge in [0, 0.05) is 37.9 Å². The number of rotatable bonds is 4. The molecule has 7 heteroatoms. The molecule has 21 heavy (non-hydrogen) atoms. The predicted molar refractivity (Wildman–Crippen MR) is 79.5 cm³/mol. The summed E-state index contributed by atoms with van der Waals surface area (Å²) in [6.45, 7) is 7.10. The molecule has 1 unspecified atom stereocenters. The standard InChI is InChI=1S/C14H23N5O2/c1-14(2,3)11-9(8-18(4)17-11)10-12(15)16-13(20)19(10)6-7-21-5/h8,10H,6-7H2,1-5H3,(H2,15,16,20). The lowest BCUT2D eigenvalue weighted by Gasteiger charge is -2.25. The van der Waals surface area contributed by atoms with Gasteiger partial charge in [0.1, 0.15) is 11.9 Å². The number of nitrogens with one attached hydrogen (secondary N) is 2. The molecule has 1 saturated heterocycles. The normalized spacial score (nSPS) is 19.3. The fraction of sp³-hybridized carbons (Fsp3) is 0.643. The summed E-state index contributed by atoms with van der Waals surface area (Å²) in [5.74, 6) is 0.189. The Balaban J connectivity index is 2.43. The lowest BCUT2D eigenvalue weighted by molar-refractivity contribution is 0.150. The number of methoxy groups -OCH3 is 1. The second-order valence-electron chi connectivity index (χ2n) is 6.29. The highest BCUT2D eigenvalue weighted by molar-refractivity contribution is 6.06. The van der Waals surface area contributed by atoms with E-state index in [1.165, 1.54) is 0 Å². The molecule has 1 atom stereocenters. The summed E-state index contributed by atoms with van der Waals surface area (Å²) >= 11 is 0. The van der Waals surface area contributed by atoms with Gasteiger partial charge in [-0.25, -0.2) is 4.79 Å². The molecule has 0 aliphatic carbocycles. The minimum atomic E-state index is -0.421. The number of carbonyl (C=O) groups is 1. The van der Waals surface area contributed by atoms with E-state index >= 15 is 0 Å². The molecule has 0 spiro atoms. The van der Waals surface area contributed by atoms with Crippen molar-refractivity contribution in [2.24, 2.45) is 7.05 Å². The number of urea groups is 1. The van der Waals surface area contributed by atoms with Gasteiger partial charge in [-0.2, -0.15) is 5.10 Å². The highest BCUT2D eigenvalue weighted by Crippen LogP contribution is 2.33. The van der Waals surface area contributed by atoms with Crippen molar-refractivity contribution in [3.63, 3.8) is 0 Å². The molecule has 116 valence electrons. The summed E-state index contributed by atoms with van der Waals surface area (Å²) in [5.41, 5.74) is 1.64. The van der Waals surface area contributed by atoms with E-state index in [0.29, 0.717) is 13.2 Å². The van der Waals surface area contributed by atoms with Gasteiger partial charge in [-0.3, -0.25) is 15.4 Å². The van der Waals surface area contributed by atoms with Gasteiger partial charge in [0.05, 0.1) is 12.3 Å². The first-order valence-corrected chi connectivity index (χ1v) is 6.94. The Bertz CT molecular complexity index is 558. The number of carbonyl (C=O) groups excluding carboxylic acids is 1. The number of nitrogens with zero attached hydrogens (tertiary/aromatic N) is 3. The smallest absolute Gasteiger partial charge is 0.323 e. The van der Waals surface area contributed by atoms with E-state index in [1.807, 2.05) is 13.2 Å². The van der Waals surface area contributed by atoms with Crippen LogP contribution in [0.25, 0.3) is 0 Å². The molecule has 2 heterocycles. The molecule has 0 radical (unpaired) electrons. The molecule has 1 aromatic heterocycles. The zero-order valence-electron chi connectivity index (χ0n) is 13.2. The lowest BCUT2D eigenvalue weighted by atomic mass is 9.87. The molecular weight excluding hydrogens is 270 g/mol. The van der Waals surface area contributed by atoms with E-state index < -0.39 is 6.04 Å². The van der Waals surface area contributed by atoms with Gasteiger partial charge >= 0.3 is 6.03 Å². The zero-order valence-corrected chi connectivity index (χ0v) is 13.2. The highest BCUT2D eigenvalue weighted by atomic mass is 16.5. The third-order valence-corrected chi connectivity index (χ3v) is 3.49. The van der Waals surface area contributed by atoms with Crippen LogP contribution in [0.4, 0.5) is 4.79 Å². The summed E-state index contributed by atoms with van der Waals surface area (Å²) in [7, 11) is 3.45. The second-order valence-corrected chi connectivity index (χ2v) is 6.29. The van der Waals surface area contributed by atoms with Gasteiger partial charge in [-0.05, 0) is 0 Å². The number of ether oxygens (including phenoxy) is 1. The maximum atomic E-state index is 12.0. The fourth-order valence-electron chi connectivity index (χ4n) is 2.56. The number of aryl methyl sites for hydroxylation is 1. The molecule has 1 aliphatic rings. The van der Waals surface area contributed by atoms with E-state index in [1.54, 1.807) is 16.7 Å². The van der Waals surface area contributed by atoms with Gasteiger partial charge in [0.2, 0.25) is 0 Å². The summed E-state index contributed by atoms with van der Waals surface area (Å²) in [6, 6.07) is -0.679. The van der Waals surface area contributed by atoms with E-state index in [0.717, 1.165) is 11.3 Å². The summed E-state index contributed by atoms with van der Waals surface area (Å²) < 4.78 is 6.80. The van der Waals surface area contributed by atoms with Crippen LogP contribution in [-0.2, 0) is 17.2 Å². The molecule has 0 saturated carbocycles. The topological polar surface area (TPSA) is 83.2 Å². The molecule has 2 rings (SSSR count). The van der Waals surface area contributed by atoms with Gasteiger partial charge in [0.25, 0.3) is 0 Å². The first-order chi connectivity index (χ1) is 9.75. The number of hydrogen-bond donors (Lipinski definition) is 2. The van der Waals surface area contributed by atoms with Gasteiger partial charge in [-0.1, -0.05) is 20.8 Å². The van der Waals surface area contributed by atoms with Crippen LogP contribution in [0.15, 0.2) is 6.20 Å². The molecule has 1 aromatic rings. The van der Waals surface area contributed by atoms with Crippen LogP contribution in [-0.4, -0.2) is 46.8 Å². The number of aromatic nitrogens is 2. The summed E-state index contributed by atoms with van der Waals surface area (Å²) in [6.07, 6.45) is 1.89. The molecule has 0 aromatic carbocycles. The number of amidine groups is 1. The van der Waals surface area contributed by atoms with E-state index in [2.05, 4.69) is 31.2 Å². The van der Waals surface area contributed by atoms with Gasteiger partial charge in [0.15, 0.2) is 0 Å². The molecule has 1 aliphatic heterocycles. The molecule has 0 bridgehead atoms. The minimum Gasteiger partial charge on any atom is -0.383 e. The maximum Gasteiger partial charge on any atom is 0.323 e. The molecule has 2 amide bonds. The zero-order chi connectivity index (χ0) is 15.8. The second kappa shape index (κ2) is 5.48. The molecule has 2 N–H and O–H groups in total. The average Bonchev–Trinajstić information content (AvgIpc) is 2.86. The Morgan fingerprint density at radius 1 is 1.48 bits per heavy atom. The van der Waals surface area contributed by atoms with Crippen LogP contribution < -0.4 is 5.32 Å². The Labute approximate surface area is 124 Å². The van der Waals surface area contributed by atoms with Crippen LogP contribution in [0, 0.1) is 5.41 Å². The van der Waals surface area contributed by atoms with Gasteiger partial charge < -0.3 is 9.64 Å². The fourth-order valence-corrected chi connectivity index (χ4v) is 2.56. The van der Waals surface area contributed by atoms with Crippen LogP contribution in [0.5, 0.6) is 0 Å². The minimum absolute atomic E-state index is 0.157. The highest BCUT2D eigenvalue weighted by Gasteiger charge is 2.40. The van der Waals surface area contributed by atoms with E-state index in [-0.39, 0.29) is 17.3 Å². The Kier molecular flexibility index (Phi) is 4.04. The van der Waals surface area contributed by atoms with Crippen molar-refractivity contribution in [2.45, 2.75) is 32.2 Å². The van der Waals surface area contributed by atoms with Crippen LogP contribution >= 0.6 is 0 Å². The first kappa shape index (κ1) is 15.5. The SMILES string of the molecule is COCCN1C(=O)NC(=N)C1c1cn(C)nc1C(C)(C)C. The third kappa shape index (κ3) is 2.92. The number of hydrogen-bond acceptors (Lipinski definition) is 4. The average molecular weight is 293 g/mol. The monoisotopic (exact) mass is 293 g/mol. The molecular formula is C14H23N5O2. The molecule has 7 nitrogen and oxygen atoms in total. The summed E-state index contributed by atoms with van der Waals surface area (Å²) in [5, 5.41) is 15.2. The summed E-state index contributed by atoms with van der Waals surface area (Å²) in [4.78, 5) is 13.7. The third-order valence-electron chi connectivity index (χ3n) is 3.49. The first-order valence-electron chi connectivity index (χ1n) is 6.94. The van der Waals surface area contributed by atoms with Crippen molar-refractivity contribution in [1.82, 2.24) is 20.0 Å². The van der Waals surface area contributed by atoms with Crippen molar-refractivity contribution in [1.29, 1.82) is 5.41 Å². The maximum absolute atomic E-state index is 12.0. The van der Waals surface area contributed by atoms with Crippen molar-refractivity contribution >= 4 is 11.9 Å². The Hall–Kier alpha value is -1.89. The van der Waals surface area contributed by atoms with Gasteiger partial charge in [-0.15, -0.1) is 0 Å².